The monoisotopic (exact) mass is 294 g/mol. The average molecular weight is 294 g/mol. The highest BCUT2D eigenvalue weighted by Gasteiger charge is 2.16. The molecule has 1 aromatic carbocycles. The Kier molecular flexibility index (Phi) is 6.49. The fraction of sp³-hybridized carbons (Fsp3) is 0.562. The Hall–Kier alpha value is -1.75. The Labute approximate surface area is 127 Å². The number of likely N-dealkylation sites (N-methyl/N-ethyl adjacent to an activating group) is 1. The highest BCUT2D eigenvalue weighted by Crippen LogP contribution is 2.31. The van der Waals surface area contributed by atoms with Crippen LogP contribution in [0.2, 0.25) is 0 Å². The van der Waals surface area contributed by atoms with E-state index in [0.717, 1.165) is 5.56 Å². The van der Waals surface area contributed by atoms with E-state index in [4.69, 9.17) is 15.2 Å². The highest BCUT2D eigenvalue weighted by atomic mass is 16.5. The minimum atomic E-state index is -0.0670. The average Bonchev–Trinajstić information content (AvgIpc) is 2.43. The third kappa shape index (κ3) is 4.93. The summed E-state index contributed by atoms with van der Waals surface area (Å²) in [4.78, 5) is 13.7. The van der Waals surface area contributed by atoms with Crippen molar-refractivity contribution in [1.29, 1.82) is 0 Å². The molecule has 2 N–H and O–H groups in total. The number of rotatable bonds is 7. The van der Waals surface area contributed by atoms with Crippen molar-refractivity contribution in [2.45, 2.75) is 39.3 Å². The first-order valence-corrected chi connectivity index (χ1v) is 7.16. The van der Waals surface area contributed by atoms with Crippen molar-refractivity contribution in [3.05, 3.63) is 23.8 Å². The Morgan fingerprint density at radius 3 is 2.52 bits per heavy atom. The first-order valence-electron chi connectivity index (χ1n) is 7.16. The molecular formula is C16H26N2O3. The number of methoxy groups -OCH3 is 1. The van der Waals surface area contributed by atoms with Crippen LogP contribution in [0.15, 0.2) is 18.2 Å². The van der Waals surface area contributed by atoms with Crippen molar-refractivity contribution in [2.24, 2.45) is 5.73 Å². The summed E-state index contributed by atoms with van der Waals surface area (Å²) in [5, 5.41) is 0. The van der Waals surface area contributed by atoms with Gasteiger partial charge in [0.25, 0.3) is 5.91 Å². The molecule has 1 atom stereocenters. The quantitative estimate of drug-likeness (QED) is 0.833. The summed E-state index contributed by atoms with van der Waals surface area (Å²) >= 11 is 0. The number of benzene rings is 1. The van der Waals surface area contributed by atoms with Gasteiger partial charge in [-0.1, -0.05) is 12.1 Å². The lowest BCUT2D eigenvalue weighted by Gasteiger charge is -2.22. The van der Waals surface area contributed by atoms with Gasteiger partial charge in [-0.3, -0.25) is 4.79 Å². The predicted molar refractivity (Wildman–Crippen MR) is 83.7 cm³/mol. The molecule has 0 heterocycles. The molecule has 1 aromatic rings. The molecule has 1 unspecified atom stereocenters. The first kappa shape index (κ1) is 17.3. The molecule has 0 fully saturated rings. The lowest BCUT2D eigenvalue weighted by atomic mass is 10.1. The molecule has 0 bridgehead atoms. The van der Waals surface area contributed by atoms with Crippen LogP contribution in [0.4, 0.5) is 0 Å². The molecule has 0 radical (unpaired) electrons. The van der Waals surface area contributed by atoms with Crippen molar-refractivity contribution in [3.8, 4) is 11.5 Å². The van der Waals surface area contributed by atoms with E-state index in [1.807, 2.05) is 39.0 Å². The fourth-order valence-electron chi connectivity index (χ4n) is 1.92. The number of carbonyl (C=O) groups excluding carboxylic acids is 1. The van der Waals surface area contributed by atoms with Crippen LogP contribution in [0, 0.1) is 0 Å². The van der Waals surface area contributed by atoms with E-state index in [-0.39, 0.29) is 24.6 Å². The zero-order chi connectivity index (χ0) is 16.0. The standard InChI is InChI=1S/C16H26N2O3/c1-11(2)18(4)15(19)10-21-16-13(9-12(3)17)7-6-8-14(16)20-5/h6-8,11-12H,9-10,17H2,1-5H3. The molecule has 118 valence electrons. The second kappa shape index (κ2) is 7.88. The number of nitrogens with two attached hydrogens (primary N) is 1. The van der Waals surface area contributed by atoms with Gasteiger partial charge < -0.3 is 20.1 Å². The van der Waals surface area contributed by atoms with E-state index in [0.29, 0.717) is 17.9 Å². The van der Waals surface area contributed by atoms with Crippen molar-refractivity contribution in [3.63, 3.8) is 0 Å². The van der Waals surface area contributed by atoms with Crippen molar-refractivity contribution < 1.29 is 14.3 Å². The van der Waals surface area contributed by atoms with E-state index in [2.05, 4.69) is 0 Å². The van der Waals surface area contributed by atoms with Crippen LogP contribution in [0.1, 0.15) is 26.3 Å². The number of hydrogen-bond acceptors (Lipinski definition) is 4. The Morgan fingerprint density at radius 1 is 1.33 bits per heavy atom. The normalized spacial score (nSPS) is 12.1. The third-order valence-electron chi connectivity index (χ3n) is 3.33. The molecule has 5 nitrogen and oxygen atoms in total. The zero-order valence-corrected chi connectivity index (χ0v) is 13.6. The van der Waals surface area contributed by atoms with Crippen LogP contribution in [0.25, 0.3) is 0 Å². The maximum atomic E-state index is 12.0. The number of carbonyl (C=O) groups is 1. The zero-order valence-electron chi connectivity index (χ0n) is 13.6. The van der Waals surface area contributed by atoms with Gasteiger partial charge in [0.15, 0.2) is 18.1 Å². The van der Waals surface area contributed by atoms with Gasteiger partial charge in [0, 0.05) is 19.1 Å². The topological polar surface area (TPSA) is 64.8 Å². The maximum Gasteiger partial charge on any atom is 0.260 e. The molecule has 21 heavy (non-hydrogen) atoms. The summed E-state index contributed by atoms with van der Waals surface area (Å²) in [5.74, 6) is 1.15. The SMILES string of the molecule is COc1cccc(CC(C)N)c1OCC(=O)N(C)C(C)C. The fourth-order valence-corrected chi connectivity index (χ4v) is 1.92. The lowest BCUT2D eigenvalue weighted by Crippen LogP contribution is -2.36. The maximum absolute atomic E-state index is 12.0. The third-order valence-corrected chi connectivity index (χ3v) is 3.33. The first-order chi connectivity index (χ1) is 9.86. The second-order valence-corrected chi connectivity index (χ2v) is 5.52. The summed E-state index contributed by atoms with van der Waals surface area (Å²) in [6.07, 6.45) is 0.667. The van der Waals surface area contributed by atoms with Crippen LogP contribution < -0.4 is 15.2 Å². The van der Waals surface area contributed by atoms with E-state index in [1.165, 1.54) is 0 Å². The van der Waals surface area contributed by atoms with Gasteiger partial charge in [-0.15, -0.1) is 0 Å². The van der Waals surface area contributed by atoms with Gasteiger partial charge in [-0.2, -0.15) is 0 Å². The summed E-state index contributed by atoms with van der Waals surface area (Å²) in [6, 6.07) is 5.80. The number of ether oxygens (including phenoxy) is 2. The van der Waals surface area contributed by atoms with E-state index in [9.17, 15) is 4.79 Å². The van der Waals surface area contributed by atoms with Gasteiger partial charge in [-0.05, 0) is 38.8 Å². The minimum absolute atomic E-state index is 0.00787. The Morgan fingerprint density at radius 2 is 2.00 bits per heavy atom. The number of para-hydroxylation sites is 1. The Balaban J connectivity index is 2.88. The molecule has 5 heteroatoms. The molecule has 0 saturated carbocycles. The lowest BCUT2D eigenvalue weighted by molar-refractivity contribution is -0.133. The number of nitrogens with zero attached hydrogens (tertiary/aromatic N) is 1. The van der Waals surface area contributed by atoms with Crippen molar-refractivity contribution >= 4 is 5.91 Å². The molecule has 0 spiro atoms. The van der Waals surface area contributed by atoms with Gasteiger partial charge in [-0.25, -0.2) is 0 Å². The van der Waals surface area contributed by atoms with E-state index >= 15 is 0 Å². The van der Waals surface area contributed by atoms with Crippen LogP contribution >= 0.6 is 0 Å². The predicted octanol–water partition coefficient (Wildman–Crippen LogP) is 1.83. The van der Waals surface area contributed by atoms with E-state index in [1.54, 1.807) is 19.1 Å². The van der Waals surface area contributed by atoms with Crippen molar-refractivity contribution in [2.75, 3.05) is 20.8 Å². The van der Waals surface area contributed by atoms with Crippen LogP contribution in [-0.4, -0.2) is 43.7 Å². The highest BCUT2D eigenvalue weighted by molar-refractivity contribution is 5.77. The summed E-state index contributed by atoms with van der Waals surface area (Å²) in [7, 11) is 3.35. The number of amides is 1. The smallest absolute Gasteiger partial charge is 0.260 e. The molecular weight excluding hydrogens is 268 g/mol. The summed E-state index contributed by atoms with van der Waals surface area (Å²) in [5.41, 5.74) is 6.81. The van der Waals surface area contributed by atoms with E-state index < -0.39 is 0 Å². The molecule has 1 amide bonds. The summed E-state index contributed by atoms with van der Waals surface area (Å²) < 4.78 is 11.0. The second-order valence-electron chi connectivity index (χ2n) is 5.52. The molecule has 1 rings (SSSR count). The molecule has 0 aliphatic carbocycles. The van der Waals surface area contributed by atoms with Crippen LogP contribution in [-0.2, 0) is 11.2 Å². The summed E-state index contributed by atoms with van der Waals surface area (Å²) in [6.45, 7) is 5.84. The molecule has 0 saturated heterocycles. The van der Waals surface area contributed by atoms with Crippen LogP contribution in [0.3, 0.4) is 0 Å². The number of hydrogen-bond donors (Lipinski definition) is 1. The van der Waals surface area contributed by atoms with Gasteiger partial charge in [0.2, 0.25) is 0 Å². The van der Waals surface area contributed by atoms with Gasteiger partial charge in [0.05, 0.1) is 7.11 Å². The largest absolute Gasteiger partial charge is 0.493 e. The molecule has 0 aromatic heterocycles. The molecule has 0 aliphatic rings. The minimum Gasteiger partial charge on any atom is -0.493 e. The van der Waals surface area contributed by atoms with Crippen LogP contribution in [0.5, 0.6) is 11.5 Å². The van der Waals surface area contributed by atoms with Gasteiger partial charge in [0.1, 0.15) is 0 Å². The Bertz CT molecular complexity index is 473. The van der Waals surface area contributed by atoms with Gasteiger partial charge >= 0.3 is 0 Å². The van der Waals surface area contributed by atoms with Crippen molar-refractivity contribution in [1.82, 2.24) is 4.90 Å². The molecule has 0 aliphatic heterocycles.